The van der Waals surface area contributed by atoms with E-state index in [0.717, 1.165) is 12.8 Å². The zero-order valence-electron chi connectivity index (χ0n) is 9.14. The minimum Gasteiger partial charge on any atom is -0.291 e. The Balaban J connectivity index is 3.31. The van der Waals surface area contributed by atoms with E-state index in [2.05, 4.69) is 20.1 Å². The first-order valence-corrected chi connectivity index (χ1v) is 5.72. The van der Waals surface area contributed by atoms with Gasteiger partial charge in [0.25, 0.3) is 0 Å². The summed E-state index contributed by atoms with van der Waals surface area (Å²) < 4.78 is 0. The lowest BCUT2D eigenvalue weighted by Gasteiger charge is -2.07. The Morgan fingerprint density at radius 1 is 0.923 bits per heavy atom. The summed E-state index contributed by atoms with van der Waals surface area (Å²) in [5, 5.41) is 0. The third-order valence-electron chi connectivity index (χ3n) is 2.48. The van der Waals surface area contributed by atoms with Crippen molar-refractivity contribution in [1.82, 2.24) is 0 Å². The van der Waals surface area contributed by atoms with Crippen LogP contribution >= 0.6 is 0 Å². The van der Waals surface area contributed by atoms with Crippen LogP contribution < -0.4 is 0 Å². The van der Waals surface area contributed by atoms with E-state index < -0.39 is 0 Å². The van der Waals surface area contributed by atoms with Crippen molar-refractivity contribution >= 4 is 6.29 Å². The maximum atomic E-state index is 10.5. The van der Waals surface area contributed by atoms with Gasteiger partial charge in [0, 0.05) is 5.92 Å². The number of carbonyl (C=O) groups excluding carboxylic acids is 1. The molecule has 0 aromatic rings. The maximum absolute atomic E-state index is 10.5. The molecule has 0 amide bonds. The normalized spacial score (nSPS) is 12.8. The molecule has 0 fully saturated rings. The molecule has 0 heterocycles. The van der Waals surface area contributed by atoms with E-state index in [9.17, 15) is 4.79 Å². The van der Waals surface area contributed by atoms with E-state index in [1.165, 1.54) is 38.5 Å². The molecule has 13 heavy (non-hydrogen) atoms. The largest absolute Gasteiger partial charge is 0.291 e. The lowest BCUT2D eigenvalue weighted by Crippen LogP contribution is -2.01. The van der Waals surface area contributed by atoms with Crippen molar-refractivity contribution in [3.63, 3.8) is 0 Å². The van der Waals surface area contributed by atoms with Crippen molar-refractivity contribution in [1.29, 1.82) is 0 Å². The molecule has 0 spiro atoms. The van der Waals surface area contributed by atoms with Gasteiger partial charge in [-0.05, 0) is 12.8 Å². The van der Waals surface area contributed by atoms with Gasteiger partial charge in [0.05, 0.1) is 0 Å². The molecule has 0 aromatic carbocycles. The molecular formula is C12H23O. The first kappa shape index (κ1) is 12.7. The molecule has 0 aliphatic rings. The van der Waals surface area contributed by atoms with E-state index >= 15 is 0 Å². The minimum atomic E-state index is 0.219. The quantitative estimate of drug-likeness (QED) is 0.496. The second-order valence-electron chi connectivity index (χ2n) is 3.81. The monoisotopic (exact) mass is 183 g/mol. The van der Waals surface area contributed by atoms with Crippen LogP contribution in [0.2, 0.25) is 0 Å². The van der Waals surface area contributed by atoms with Gasteiger partial charge >= 0.3 is 0 Å². The average molecular weight is 183 g/mol. The molecular weight excluding hydrogens is 160 g/mol. The molecule has 0 saturated carbocycles. The second-order valence-corrected chi connectivity index (χ2v) is 3.81. The van der Waals surface area contributed by atoms with E-state index in [4.69, 9.17) is 0 Å². The van der Waals surface area contributed by atoms with Crippen molar-refractivity contribution in [2.75, 3.05) is 0 Å². The number of rotatable bonds is 9. The highest BCUT2D eigenvalue weighted by molar-refractivity contribution is 5.54. The molecule has 0 N–H and O–H groups in total. The summed E-state index contributed by atoms with van der Waals surface area (Å²) in [5.41, 5.74) is 0. The van der Waals surface area contributed by atoms with Gasteiger partial charge in [-0.15, -0.1) is 0 Å². The van der Waals surface area contributed by atoms with Gasteiger partial charge in [0.15, 0.2) is 0 Å². The second kappa shape index (κ2) is 9.76. The Bertz CT molecular complexity index is 110. The summed E-state index contributed by atoms with van der Waals surface area (Å²) in [6, 6.07) is 0. The molecule has 1 radical (unpaired) electrons. The summed E-state index contributed by atoms with van der Waals surface area (Å²) in [6.07, 6.45) is 11.7. The predicted octanol–water partition coefficient (Wildman–Crippen LogP) is 3.87. The molecule has 0 saturated heterocycles. The zero-order chi connectivity index (χ0) is 9.94. The van der Waals surface area contributed by atoms with E-state index in [1.807, 2.05) is 0 Å². The fourth-order valence-corrected chi connectivity index (χ4v) is 1.53. The molecule has 1 unspecified atom stereocenters. The molecule has 0 aromatic heterocycles. The number of hydrogen-bond acceptors (Lipinski definition) is 1. The van der Waals surface area contributed by atoms with Crippen LogP contribution in [-0.2, 0) is 4.79 Å². The van der Waals surface area contributed by atoms with Crippen LogP contribution in [0.5, 0.6) is 0 Å². The van der Waals surface area contributed by atoms with Crippen molar-refractivity contribution in [2.45, 2.75) is 65.2 Å². The first-order valence-electron chi connectivity index (χ1n) is 5.72. The van der Waals surface area contributed by atoms with Crippen molar-refractivity contribution < 1.29 is 4.79 Å². The van der Waals surface area contributed by atoms with Gasteiger partial charge in [-0.1, -0.05) is 52.4 Å². The predicted molar refractivity (Wildman–Crippen MR) is 57.5 cm³/mol. The molecule has 77 valence electrons. The van der Waals surface area contributed by atoms with Crippen molar-refractivity contribution in [2.24, 2.45) is 5.92 Å². The van der Waals surface area contributed by atoms with Crippen LogP contribution in [0.1, 0.15) is 65.2 Å². The van der Waals surface area contributed by atoms with Crippen molar-refractivity contribution in [3.05, 3.63) is 0 Å². The standard InChI is InChI=1S/C12H23O/c1-3-5-7-8-10-12(11-13)9-6-4-2/h12H,3-10H2,1-2H3. The first-order chi connectivity index (χ1) is 6.35. The van der Waals surface area contributed by atoms with Gasteiger partial charge in [0.1, 0.15) is 0 Å². The third kappa shape index (κ3) is 8.01. The molecule has 0 bridgehead atoms. The van der Waals surface area contributed by atoms with E-state index in [1.54, 1.807) is 0 Å². The summed E-state index contributed by atoms with van der Waals surface area (Å²) in [7, 11) is 0. The molecule has 1 atom stereocenters. The minimum absolute atomic E-state index is 0.219. The van der Waals surface area contributed by atoms with E-state index in [-0.39, 0.29) is 5.92 Å². The smallest absolute Gasteiger partial charge is 0.201 e. The number of hydrogen-bond donors (Lipinski definition) is 0. The SMILES string of the molecule is CCCCCCC([C]=O)CCCC. The van der Waals surface area contributed by atoms with Gasteiger partial charge in [-0.25, -0.2) is 0 Å². The fourth-order valence-electron chi connectivity index (χ4n) is 1.53. The van der Waals surface area contributed by atoms with Gasteiger partial charge in [-0.2, -0.15) is 0 Å². The van der Waals surface area contributed by atoms with E-state index in [0.29, 0.717) is 0 Å². The van der Waals surface area contributed by atoms with Crippen LogP contribution in [0.25, 0.3) is 0 Å². The zero-order valence-corrected chi connectivity index (χ0v) is 9.14. The van der Waals surface area contributed by atoms with Gasteiger partial charge < -0.3 is 0 Å². The van der Waals surface area contributed by atoms with Gasteiger partial charge in [-0.3, -0.25) is 4.79 Å². The molecule has 0 rings (SSSR count). The Morgan fingerprint density at radius 2 is 1.54 bits per heavy atom. The third-order valence-corrected chi connectivity index (χ3v) is 2.48. The molecule has 0 aliphatic carbocycles. The Kier molecular flexibility index (Phi) is 9.51. The van der Waals surface area contributed by atoms with Crippen LogP contribution in [0, 0.1) is 5.92 Å². The molecule has 1 heteroatoms. The average Bonchev–Trinajstić information content (AvgIpc) is 2.17. The van der Waals surface area contributed by atoms with Crippen LogP contribution in [-0.4, -0.2) is 6.29 Å². The topological polar surface area (TPSA) is 17.1 Å². The highest BCUT2D eigenvalue weighted by Gasteiger charge is 2.06. The number of unbranched alkanes of at least 4 members (excludes halogenated alkanes) is 4. The summed E-state index contributed by atoms with van der Waals surface area (Å²) >= 11 is 0. The van der Waals surface area contributed by atoms with Crippen LogP contribution in [0.4, 0.5) is 0 Å². The Morgan fingerprint density at radius 3 is 2.08 bits per heavy atom. The summed E-state index contributed by atoms with van der Waals surface area (Å²) in [4.78, 5) is 10.5. The Labute approximate surface area is 82.9 Å². The molecule has 0 aliphatic heterocycles. The van der Waals surface area contributed by atoms with Crippen LogP contribution in [0.3, 0.4) is 0 Å². The maximum Gasteiger partial charge on any atom is 0.201 e. The van der Waals surface area contributed by atoms with Gasteiger partial charge in [0.2, 0.25) is 6.29 Å². The highest BCUT2D eigenvalue weighted by atomic mass is 16.1. The lowest BCUT2D eigenvalue weighted by atomic mass is 9.97. The van der Waals surface area contributed by atoms with Crippen molar-refractivity contribution in [3.8, 4) is 0 Å². The molecule has 1 nitrogen and oxygen atoms in total. The Hall–Kier alpha value is -0.330. The fraction of sp³-hybridized carbons (Fsp3) is 0.917. The van der Waals surface area contributed by atoms with Crippen LogP contribution in [0.15, 0.2) is 0 Å². The summed E-state index contributed by atoms with van der Waals surface area (Å²) in [5.74, 6) is 0.219. The summed E-state index contributed by atoms with van der Waals surface area (Å²) in [6.45, 7) is 4.37. The lowest BCUT2D eigenvalue weighted by molar-refractivity contribution is 0.462. The highest BCUT2D eigenvalue weighted by Crippen LogP contribution is 2.14.